The minimum atomic E-state index is -4.11. The predicted octanol–water partition coefficient (Wildman–Crippen LogP) is 4.20. The number of rotatable bonds is 4. The molecule has 0 aromatic heterocycles. The quantitative estimate of drug-likeness (QED) is 0.754. The van der Waals surface area contributed by atoms with Crippen LogP contribution in [0.2, 0.25) is 0 Å². The summed E-state index contributed by atoms with van der Waals surface area (Å²) in [7, 11) is -4.11. The number of alkyl halides is 3. The first-order valence-corrected chi connectivity index (χ1v) is 9.94. The third kappa shape index (κ3) is 4.88. The second kappa shape index (κ2) is 7.54. The van der Waals surface area contributed by atoms with Crippen LogP contribution in [0.3, 0.4) is 0 Å². The van der Waals surface area contributed by atoms with Crippen molar-refractivity contribution in [2.24, 2.45) is 0 Å². The molecule has 4 nitrogen and oxygen atoms in total. The van der Waals surface area contributed by atoms with Crippen molar-refractivity contribution in [3.63, 3.8) is 0 Å². The second-order valence-corrected chi connectivity index (χ2v) is 10.0. The molecule has 1 N–H and O–H groups in total. The van der Waals surface area contributed by atoms with Crippen LogP contribution in [0, 0.1) is 13.8 Å². The van der Waals surface area contributed by atoms with E-state index in [1.54, 1.807) is 36.4 Å². The normalized spacial score (nSPS) is 13.3. The van der Waals surface area contributed by atoms with E-state index in [0.29, 0.717) is 0 Å². The molecule has 0 radical (unpaired) electrons. The predicted molar refractivity (Wildman–Crippen MR) is 101 cm³/mol. The molecule has 8 heteroatoms. The van der Waals surface area contributed by atoms with Gasteiger partial charge in [0.25, 0.3) is 5.91 Å². The van der Waals surface area contributed by atoms with Crippen molar-refractivity contribution in [1.29, 1.82) is 0 Å². The lowest BCUT2D eigenvalue weighted by atomic mass is 10.1. The van der Waals surface area contributed by atoms with E-state index in [9.17, 15) is 13.2 Å². The summed E-state index contributed by atoms with van der Waals surface area (Å²) in [5.74, 6) is -0.646. The van der Waals surface area contributed by atoms with Crippen LogP contribution in [0.1, 0.15) is 21.5 Å². The highest BCUT2D eigenvalue weighted by Gasteiger charge is 2.44. The summed E-state index contributed by atoms with van der Waals surface area (Å²) in [6, 6.07) is 12.7. The number of hydrogen-bond donors (Lipinski definition) is 1. The van der Waals surface area contributed by atoms with Gasteiger partial charge in [-0.25, -0.2) is 8.42 Å². The Bertz CT molecular complexity index is 858. The summed E-state index contributed by atoms with van der Waals surface area (Å²) in [6.07, 6.45) is 0. The fourth-order valence-corrected chi connectivity index (χ4v) is 4.73. The first-order valence-electron chi connectivity index (χ1n) is 7.26. The monoisotopic (exact) mass is 419 g/mol. The molecule has 0 fully saturated rings. The lowest BCUT2D eigenvalue weighted by Crippen LogP contribution is -2.49. The summed E-state index contributed by atoms with van der Waals surface area (Å²) in [5, 5.41) is 0.589. The fourth-order valence-electron chi connectivity index (χ4n) is 2.11. The number of sulfone groups is 1. The van der Waals surface area contributed by atoms with Gasteiger partial charge < -0.3 is 5.32 Å². The average molecular weight is 421 g/mol. The summed E-state index contributed by atoms with van der Waals surface area (Å²) < 4.78 is 23.4. The van der Waals surface area contributed by atoms with Crippen molar-refractivity contribution < 1.29 is 13.2 Å². The Balaban J connectivity index is 2.38. The molecular formula is C17H16Cl3NO3S. The molecule has 0 spiro atoms. The molecule has 2 aromatic rings. The van der Waals surface area contributed by atoms with Gasteiger partial charge in [0.2, 0.25) is 13.6 Å². The Labute approximate surface area is 162 Å². The van der Waals surface area contributed by atoms with E-state index in [1.165, 1.54) is 12.1 Å². The van der Waals surface area contributed by atoms with Gasteiger partial charge in [0.1, 0.15) is 0 Å². The molecule has 0 aliphatic rings. The topological polar surface area (TPSA) is 63.2 Å². The molecule has 0 saturated heterocycles. The van der Waals surface area contributed by atoms with Gasteiger partial charge >= 0.3 is 0 Å². The minimum absolute atomic E-state index is 0.0429. The van der Waals surface area contributed by atoms with Crippen LogP contribution in [0.4, 0.5) is 0 Å². The van der Waals surface area contributed by atoms with Gasteiger partial charge in [0.15, 0.2) is 5.37 Å². The van der Waals surface area contributed by atoms with Crippen LogP contribution in [-0.2, 0) is 9.84 Å². The minimum Gasteiger partial charge on any atom is -0.332 e. The average Bonchev–Trinajstić information content (AvgIpc) is 2.52. The number of aryl methyl sites for hydroxylation is 2. The van der Waals surface area contributed by atoms with Crippen molar-refractivity contribution in [3.8, 4) is 0 Å². The smallest absolute Gasteiger partial charge is 0.252 e. The highest BCUT2D eigenvalue weighted by Crippen LogP contribution is 2.36. The van der Waals surface area contributed by atoms with E-state index in [4.69, 9.17) is 34.8 Å². The molecule has 0 bridgehead atoms. The molecule has 2 aromatic carbocycles. The standard InChI is InChI=1S/C17H16Cl3NO3S/c1-11-3-7-13(8-4-11)15(22)21-16(17(18,19)20)25(23,24)14-9-5-12(2)6-10-14/h3-10,16H,1-2H3,(H,21,22)/t16-/m0/s1. The first kappa shape index (κ1) is 20.0. The van der Waals surface area contributed by atoms with Crippen molar-refractivity contribution in [1.82, 2.24) is 5.32 Å². The number of benzene rings is 2. The van der Waals surface area contributed by atoms with E-state index in [2.05, 4.69) is 5.32 Å². The van der Waals surface area contributed by atoms with E-state index in [1.807, 2.05) is 13.8 Å². The zero-order chi connectivity index (χ0) is 18.8. The molecule has 0 unspecified atom stereocenters. The van der Waals surface area contributed by atoms with Gasteiger partial charge in [0.05, 0.1) is 4.90 Å². The van der Waals surface area contributed by atoms with Crippen LogP contribution in [0.15, 0.2) is 53.4 Å². The zero-order valence-electron chi connectivity index (χ0n) is 13.5. The molecule has 1 amide bonds. The summed E-state index contributed by atoms with van der Waals surface area (Å²) >= 11 is 17.6. The van der Waals surface area contributed by atoms with Crippen molar-refractivity contribution in [2.75, 3.05) is 0 Å². The number of hydrogen-bond acceptors (Lipinski definition) is 3. The molecule has 25 heavy (non-hydrogen) atoms. The maximum absolute atomic E-state index is 12.8. The molecular weight excluding hydrogens is 405 g/mol. The van der Waals surface area contributed by atoms with E-state index >= 15 is 0 Å². The van der Waals surface area contributed by atoms with Gasteiger partial charge in [-0.2, -0.15) is 0 Å². The van der Waals surface area contributed by atoms with Crippen molar-refractivity contribution >= 4 is 50.5 Å². The van der Waals surface area contributed by atoms with E-state index < -0.39 is 24.9 Å². The highest BCUT2D eigenvalue weighted by molar-refractivity contribution is 7.92. The molecule has 134 valence electrons. The molecule has 0 saturated carbocycles. The Kier molecular flexibility index (Phi) is 6.05. The fraction of sp³-hybridized carbons (Fsp3) is 0.235. The SMILES string of the molecule is Cc1ccc(C(=O)N[C@H](C(Cl)(Cl)Cl)S(=O)(=O)c2ccc(C)cc2)cc1. The Morgan fingerprint density at radius 2 is 1.36 bits per heavy atom. The van der Waals surface area contributed by atoms with Gasteiger partial charge in [-0.1, -0.05) is 70.2 Å². The lowest BCUT2D eigenvalue weighted by molar-refractivity contribution is 0.0948. The maximum atomic E-state index is 12.8. The Hall–Kier alpha value is -1.27. The van der Waals surface area contributed by atoms with E-state index in [0.717, 1.165) is 11.1 Å². The van der Waals surface area contributed by atoms with Crippen LogP contribution < -0.4 is 5.32 Å². The van der Waals surface area contributed by atoms with Crippen LogP contribution in [-0.4, -0.2) is 23.5 Å². The third-order valence-corrected chi connectivity index (χ3v) is 6.60. The summed E-state index contributed by atoms with van der Waals surface area (Å²) in [4.78, 5) is 12.4. The first-order chi connectivity index (χ1) is 11.5. The van der Waals surface area contributed by atoms with Crippen molar-refractivity contribution in [2.45, 2.75) is 27.9 Å². The van der Waals surface area contributed by atoms with Gasteiger partial charge in [-0.05, 0) is 38.1 Å². The number of carbonyl (C=O) groups is 1. The second-order valence-electron chi connectivity index (χ2n) is 5.62. The van der Waals surface area contributed by atoms with Crippen LogP contribution in [0.5, 0.6) is 0 Å². The van der Waals surface area contributed by atoms with Crippen LogP contribution in [0.25, 0.3) is 0 Å². The molecule has 0 aliphatic carbocycles. The van der Waals surface area contributed by atoms with Gasteiger partial charge in [-0.3, -0.25) is 4.79 Å². The maximum Gasteiger partial charge on any atom is 0.252 e. The Morgan fingerprint density at radius 3 is 1.80 bits per heavy atom. The van der Waals surface area contributed by atoms with Crippen molar-refractivity contribution in [3.05, 3.63) is 65.2 Å². The Morgan fingerprint density at radius 1 is 0.920 bits per heavy atom. The van der Waals surface area contributed by atoms with Gasteiger partial charge in [-0.15, -0.1) is 0 Å². The molecule has 0 heterocycles. The number of nitrogens with one attached hydrogen (secondary N) is 1. The molecule has 0 aliphatic heterocycles. The summed E-state index contributed by atoms with van der Waals surface area (Å²) in [6.45, 7) is 3.69. The van der Waals surface area contributed by atoms with Crippen LogP contribution >= 0.6 is 34.8 Å². The molecule has 1 atom stereocenters. The summed E-state index contributed by atoms with van der Waals surface area (Å²) in [5.41, 5.74) is 2.11. The zero-order valence-corrected chi connectivity index (χ0v) is 16.5. The number of halogens is 3. The third-order valence-electron chi connectivity index (χ3n) is 3.53. The largest absolute Gasteiger partial charge is 0.332 e. The lowest BCUT2D eigenvalue weighted by Gasteiger charge is -2.25. The highest BCUT2D eigenvalue weighted by atomic mass is 35.6. The molecule has 2 rings (SSSR count). The van der Waals surface area contributed by atoms with Gasteiger partial charge in [0, 0.05) is 5.56 Å². The number of carbonyl (C=O) groups excluding carboxylic acids is 1. The number of amides is 1. The van der Waals surface area contributed by atoms with E-state index in [-0.39, 0.29) is 10.5 Å².